The molecule has 6 rings (SSSR count). The van der Waals surface area contributed by atoms with E-state index in [1.807, 2.05) is 45.0 Å². The fourth-order valence-electron chi connectivity index (χ4n) is 6.48. The van der Waals surface area contributed by atoms with Gasteiger partial charge >= 0.3 is 12.1 Å². The molecule has 212 valence electrons. The fraction of sp³-hybridized carbons (Fsp3) is 0.500. The summed E-state index contributed by atoms with van der Waals surface area (Å²) in [4.78, 5) is 26.0. The van der Waals surface area contributed by atoms with Gasteiger partial charge in [0.1, 0.15) is 29.8 Å². The Hall–Kier alpha value is -3.68. The van der Waals surface area contributed by atoms with Crippen molar-refractivity contribution in [3.8, 4) is 22.8 Å². The van der Waals surface area contributed by atoms with Crippen LogP contribution >= 0.6 is 0 Å². The summed E-state index contributed by atoms with van der Waals surface area (Å²) in [6, 6.07) is 11.6. The molecule has 0 unspecified atom stereocenters. The Bertz CT molecular complexity index is 1450. The molecule has 0 bridgehead atoms. The first kappa shape index (κ1) is 26.5. The third kappa shape index (κ3) is 5.11. The molecule has 8 heteroatoms. The molecule has 1 atom stereocenters. The average Bonchev–Trinajstić information content (AvgIpc) is 3.45. The second-order valence-corrected chi connectivity index (χ2v) is 12.2. The molecule has 2 aromatic carbocycles. The van der Waals surface area contributed by atoms with Crippen LogP contribution in [0.1, 0.15) is 81.1 Å². The number of carboxylic acids is 1. The van der Waals surface area contributed by atoms with Crippen LogP contribution in [0.5, 0.6) is 11.5 Å². The molecular formula is C32H38N2O6. The number of rotatable bonds is 4. The maximum absolute atomic E-state index is 12.5. The highest BCUT2D eigenvalue weighted by atomic mass is 16.6. The van der Waals surface area contributed by atoms with Gasteiger partial charge < -0.3 is 28.8 Å². The number of carbonyl (C=O) groups excluding carboxylic acids is 1. The summed E-state index contributed by atoms with van der Waals surface area (Å²) < 4.78 is 20.4. The highest BCUT2D eigenvalue weighted by molar-refractivity contribution is 5.98. The number of aromatic carboxylic acids is 1. The molecule has 3 heterocycles. The van der Waals surface area contributed by atoms with Gasteiger partial charge in [0, 0.05) is 35.5 Å². The van der Waals surface area contributed by atoms with Crippen LogP contribution in [-0.4, -0.2) is 58.0 Å². The topological polar surface area (TPSA) is 90.2 Å². The van der Waals surface area contributed by atoms with Crippen molar-refractivity contribution >= 4 is 23.0 Å². The standard InChI is InChI=1S/C32H38N2O6/c1-32(2,3)40-31(37)33-14-13-23(19-33)39-22-10-12-25-27(18-22)38-16-15-34-26-17-21(30(35)36)9-11-24(26)28(29(25)34)20-7-5-4-6-8-20/h9-12,17-18,20,23H,4-8,13-16,19H2,1-3H3,(H,35,36)/t23-/m0/s1. The number of ether oxygens (including phenoxy) is 3. The van der Waals surface area contributed by atoms with Crippen molar-refractivity contribution < 1.29 is 28.9 Å². The minimum Gasteiger partial charge on any atom is -0.491 e. The lowest BCUT2D eigenvalue weighted by atomic mass is 9.81. The van der Waals surface area contributed by atoms with E-state index < -0.39 is 11.6 Å². The molecule has 2 aliphatic heterocycles. The summed E-state index contributed by atoms with van der Waals surface area (Å²) in [6.07, 6.45) is 6.28. The van der Waals surface area contributed by atoms with Gasteiger partial charge in [-0.1, -0.05) is 25.3 Å². The molecule has 1 N–H and O–H groups in total. The molecule has 1 saturated carbocycles. The molecule has 3 aliphatic rings. The first-order valence-corrected chi connectivity index (χ1v) is 14.5. The van der Waals surface area contributed by atoms with E-state index in [9.17, 15) is 14.7 Å². The van der Waals surface area contributed by atoms with Crippen LogP contribution in [-0.2, 0) is 11.3 Å². The summed E-state index contributed by atoms with van der Waals surface area (Å²) in [5.41, 5.74) is 4.20. The number of hydrogen-bond acceptors (Lipinski definition) is 5. The van der Waals surface area contributed by atoms with E-state index in [2.05, 4.69) is 10.6 Å². The van der Waals surface area contributed by atoms with Gasteiger partial charge in [0.2, 0.25) is 0 Å². The first-order chi connectivity index (χ1) is 19.2. The second kappa shape index (κ2) is 10.4. The number of amides is 1. The monoisotopic (exact) mass is 546 g/mol. The zero-order valence-corrected chi connectivity index (χ0v) is 23.6. The summed E-state index contributed by atoms with van der Waals surface area (Å²) >= 11 is 0. The highest BCUT2D eigenvalue weighted by Crippen LogP contribution is 2.48. The van der Waals surface area contributed by atoms with Crippen molar-refractivity contribution in [3.05, 3.63) is 47.5 Å². The van der Waals surface area contributed by atoms with Gasteiger partial charge in [-0.15, -0.1) is 0 Å². The lowest BCUT2D eigenvalue weighted by molar-refractivity contribution is 0.0275. The Labute approximate surface area is 234 Å². The molecular weight excluding hydrogens is 508 g/mol. The number of likely N-dealkylation sites (tertiary alicyclic amines) is 1. The van der Waals surface area contributed by atoms with Gasteiger partial charge in [0.05, 0.1) is 24.3 Å². The quantitative estimate of drug-likeness (QED) is 0.386. The molecule has 8 nitrogen and oxygen atoms in total. The highest BCUT2D eigenvalue weighted by Gasteiger charge is 2.32. The summed E-state index contributed by atoms with van der Waals surface area (Å²) in [7, 11) is 0. The smallest absolute Gasteiger partial charge is 0.410 e. The number of nitrogens with zero attached hydrogens (tertiary/aromatic N) is 2. The number of fused-ring (bicyclic) bond motifs is 5. The van der Waals surface area contributed by atoms with Crippen LogP contribution in [0.2, 0.25) is 0 Å². The summed E-state index contributed by atoms with van der Waals surface area (Å²) in [5, 5.41) is 10.8. The minimum atomic E-state index is -0.916. The second-order valence-electron chi connectivity index (χ2n) is 12.2. The molecule has 2 fully saturated rings. The van der Waals surface area contributed by atoms with Gasteiger partial charge in [-0.2, -0.15) is 0 Å². The van der Waals surface area contributed by atoms with Crippen LogP contribution in [0.15, 0.2) is 36.4 Å². The fourth-order valence-corrected chi connectivity index (χ4v) is 6.48. The largest absolute Gasteiger partial charge is 0.491 e. The molecule has 1 amide bonds. The van der Waals surface area contributed by atoms with Crippen molar-refractivity contribution in [1.82, 2.24) is 9.47 Å². The molecule has 1 aliphatic carbocycles. The molecule has 0 radical (unpaired) electrons. The van der Waals surface area contributed by atoms with Gasteiger partial charge in [0.15, 0.2) is 0 Å². The van der Waals surface area contributed by atoms with E-state index >= 15 is 0 Å². The van der Waals surface area contributed by atoms with Gasteiger partial charge in [0.25, 0.3) is 0 Å². The zero-order chi connectivity index (χ0) is 28.0. The Morgan fingerprint density at radius 3 is 2.55 bits per heavy atom. The third-order valence-corrected chi connectivity index (χ3v) is 8.24. The van der Waals surface area contributed by atoms with E-state index in [4.69, 9.17) is 14.2 Å². The number of carbonyl (C=O) groups is 2. The lowest BCUT2D eigenvalue weighted by Gasteiger charge is -2.24. The summed E-state index contributed by atoms with van der Waals surface area (Å²) in [5.74, 6) is 1.01. The van der Waals surface area contributed by atoms with Crippen molar-refractivity contribution in [1.29, 1.82) is 0 Å². The Morgan fingerprint density at radius 2 is 1.80 bits per heavy atom. The molecule has 0 spiro atoms. The van der Waals surface area contributed by atoms with E-state index in [1.54, 1.807) is 11.0 Å². The molecule has 1 saturated heterocycles. The number of hydrogen-bond donors (Lipinski definition) is 1. The average molecular weight is 547 g/mol. The van der Waals surface area contributed by atoms with Crippen molar-refractivity contribution in [2.75, 3.05) is 19.7 Å². The predicted octanol–water partition coefficient (Wildman–Crippen LogP) is 6.83. The van der Waals surface area contributed by atoms with Gasteiger partial charge in [-0.3, -0.25) is 0 Å². The van der Waals surface area contributed by atoms with E-state index in [0.29, 0.717) is 43.5 Å². The summed E-state index contributed by atoms with van der Waals surface area (Å²) in [6.45, 7) is 7.81. The number of carboxylic acid groups (broad SMARTS) is 1. The maximum atomic E-state index is 12.5. The molecule has 3 aromatic rings. The Morgan fingerprint density at radius 1 is 1.00 bits per heavy atom. The Kier molecular flexibility index (Phi) is 6.88. The Balaban J connectivity index is 1.33. The van der Waals surface area contributed by atoms with Crippen LogP contribution in [0, 0.1) is 0 Å². The van der Waals surface area contributed by atoms with Crippen molar-refractivity contribution in [2.24, 2.45) is 0 Å². The van der Waals surface area contributed by atoms with Crippen molar-refractivity contribution in [2.45, 2.75) is 83.5 Å². The van der Waals surface area contributed by atoms with Crippen molar-refractivity contribution in [3.63, 3.8) is 0 Å². The predicted molar refractivity (Wildman–Crippen MR) is 152 cm³/mol. The van der Waals surface area contributed by atoms with E-state index in [1.165, 1.54) is 24.8 Å². The van der Waals surface area contributed by atoms with Gasteiger partial charge in [-0.05, 0) is 69.4 Å². The van der Waals surface area contributed by atoms with Gasteiger partial charge in [-0.25, -0.2) is 9.59 Å². The number of benzene rings is 2. The van der Waals surface area contributed by atoms with Crippen LogP contribution < -0.4 is 9.47 Å². The zero-order valence-electron chi connectivity index (χ0n) is 23.6. The third-order valence-electron chi connectivity index (χ3n) is 8.24. The number of aromatic nitrogens is 1. The van der Waals surface area contributed by atoms with Crippen LogP contribution in [0.3, 0.4) is 0 Å². The SMILES string of the molecule is CC(C)(C)OC(=O)N1CC[C@H](Oc2ccc3c(c2)OCCn2c-3c(C3CCCCC3)c3ccc(C(=O)O)cc32)C1. The van der Waals surface area contributed by atoms with E-state index in [0.717, 1.165) is 47.2 Å². The maximum Gasteiger partial charge on any atom is 0.410 e. The molecule has 40 heavy (non-hydrogen) atoms. The van der Waals surface area contributed by atoms with Crippen LogP contribution in [0.4, 0.5) is 4.79 Å². The minimum absolute atomic E-state index is 0.116. The van der Waals surface area contributed by atoms with E-state index in [-0.39, 0.29) is 12.2 Å². The lowest BCUT2D eigenvalue weighted by Crippen LogP contribution is -2.36. The van der Waals surface area contributed by atoms with Crippen LogP contribution in [0.25, 0.3) is 22.2 Å². The normalized spacial score (nSPS) is 19.5. The first-order valence-electron chi connectivity index (χ1n) is 14.5. The molecule has 1 aromatic heterocycles.